The minimum Gasteiger partial charge on any atom is -0.462 e. The summed E-state index contributed by atoms with van der Waals surface area (Å²) in [4.78, 5) is 15.1. The summed E-state index contributed by atoms with van der Waals surface area (Å²) < 4.78 is 4.80. The summed E-state index contributed by atoms with van der Waals surface area (Å²) in [6.07, 6.45) is 6.93. The van der Waals surface area contributed by atoms with Crippen molar-refractivity contribution in [3.05, 3.63) is 23.8 Å². The summed E-state index contributed by atoms with van der Waals surface area (Å²) in [5.41, 5.74) is 0.505. The van der Waals surface area contributed by atoms with E-state index >= 15 is 0 Å². The van der Waals surface area contributed by atoms with Crippen LogP contribution in [-0.4, -0.2) is 25.3 Å². The van der Waals surface area contributed by atoms with Crippen molar-refractivity contribution in [1.82, 2.24) is 0 Å². The fourth-order valence-electron chi connectivity index (χ4n) is 0.823. The molecule has 1 aliphatic rings. The Morgan fingerprint density at radius 3 is 3.33 bits per heavy atom. The van der Waals surface area contributed by atoms with Crippen molar-refractivity contribution in [3.8, 4) is 0 Å². The molecule has 64 valence electrons. The van der Waals surface area contributed by atoms with Crippen LogP contribution in [0.4, 0.5) is 0 Å². The fraction of sp³-hybridized carbons (Fsp3) is 0.333. The normalized spacial score (nSPS) is 15.2. The zero-order chi connectivity index (χ0) is 8.81. The van der Waals surface area contributed by atoms with E-state index in [0.717, 1.165) is 0 Å². The van der Waals surface area contributed by atoms with Crippen LogP contribution in [0.1, 0.15) is 6.92 Å². The van der Waals surface area contributed by atoms with Gasteiger partial charge in [-0.05, 0) is 13.0 Å². The zero-order valence-corrected chi connectivity index (χ0v) is 6.99. The lowest BCUT2D eigenvalue weighted by atomic mass is 10.3. The van der Waals surface area contributed by atoms with E-state index in [9.17, 15) is 4.79 Å². The van der Waals surface area contributed by atoms with Crippen molar-refractivity contribution in [1.29, 1.82) is 0 Å². The van der Waals surface area contributed by atoms with E-state index in [1.165, 1.54) is 6.21 Å². The molecule has 0 aromatic rings. The van der Waals surface area contributed by atoms with Gasteiger partial charge in [-0.2, -0.15) is 0 Å². The second-order valence-electron chi connectivity index (χ2n) is 2.26. The molecule has 0 unspecified atom stereocenters. The predicted molar refractivity (Wildman–Crippen MR) is 47.2 cm³/mol. The second-order valence-corrected chi connectivity index (χ2v) is 2.26. The van der Waals surface area contributed by atoms with Gasteiger partial charge in [0.05, 0.1) is 18.7 Å². The van der Waals surface area contributed by atoms with Gasteiger partial charge < -0.3 is 4.74 Å². The van der Waals surface area contributed by atoms with Gasteiger partial charge in [0.2, 0.25) is 0 Å². The molecule has 0 saturated carbocycles. The van der Waals surface area contributed by atoms with Gasteiger partial charge in [-0.25, -0.2) is 4.79 Å². The van der Waals surface area contributed by atoms with Gasteiger partial charge in [0.1, 0.15) is 0 Å². The Morgan fingerprint density at radius 2 is 2.58 bits per heavy atom. The Labute approximate surface area is 71.4 Å². The Kier molecular flexibility index (Phi) is 3.26. The SMILES string of the molecule is CCOC(=O)C1=CC=CCN=C1. The second kappa shape index (κ2) is 4.49. The lowest BCUT2D eigenvalue weighted by Gasteiger charge is -1.99. The van der Waals surface area contributed by atoms with Gasteiger partial charge in [-0.3, -0.25) is 4.99 Å². The highest BCUT2D eigenvalue weighted by atomic mass is 16.5. The summed E-state index contributed by atoms with van der Waals surface area (Å²) in [6.45, 7) is 2.80. The Hall–Kier alpha value is -1.38. The van der Waals surface area contributed by atoms with Crippen LogP contribution in [-0.2, 0) is 9.53 Å². The van der Waals surface area contributed by atoms with Gasteiger partial charge in [-0.1, -0.05) is 12.2 Å². The zero-order valence-electron chi connectivity index (χ0n) is 6.99. The third-order valence-corrected chi connectivity index (χ3v) is 1.36. The molecule has 0 fully saturated rings. The smallest absolute Gasteiger partial charge is 0.339 e. The molecule has 3 heteroatoms. The third-order valence-electron chi connectivity index (χ3n) is 1.36. The summed E-state index contributed by atoms with van der Waals surface area (Å²) >= 11 is 0. The number of hydrogen-bond acceptors (Lipinski definition) is 3. The average Bonchev–Trinajstić information content (AvgIpc) is 2.32. The lowest BCUT2D eigenvalue weighted by Crippen LogP contribution is -2.08. The molecule has 0 saturated heterocycles. The van der Waals surface area contributed by atoms with Crippen molar-refractivity contribution >= 4 is 12.2 Å². The molecule has 0 N–H and O–H groups in total. The molecule has 3 nitrogen and oxygen atoms in total. The number of carbonyl (C=O) groups excluding carboxylic acids is 1. The van der Waals surface area contributed by atoms with Crippen LogP contribution in [0, 0.1) is 0 Å². The summed E-state index contributed by atoms with van der Waals surface area (Å²) in [6, 6.07) is 0. The molecule has 1 heterocycles. The molecule has 0 aliphatic carbocycles. The van der Waals surface area contributed by atoms with Gasteiger partial charge >= 0.3 is 5.97 Å². The highest BCUT2D eigenvalue weighted by molar-refractivity contribution is 6.09. The van der Waals surface area contributed by atoms with Gasteiger partial charge in [0.15, 0.2) is 0 Å². The fourth-order valence-corrected chi connectivity index (χ4v) is 0.823. The molecule has 0 spiro atoms. The number of ether oxygens (including phenoxy) is 1. The highest BCUT2D eigenvalue weighted by Gasteiger charge is 2.06. The summed E-state index contributed by atoms with van der Waals surface area (Å²) in [5.74, 6) is -0.312. The topological polar surface area (TPSA) is 38.7 Å². The van der Waals surface area contributed by atoms with Crippen LogP contribution in [0.2, 0.25) is 0 Å². The number of esters is 1. The van der Waals surface area contributed by atoms with Crippen LogP contribution < -0.4 is 0 Å². The summed E-state index contributed by atoms with van der Waals surface area (Å²) in [5, 5.41) is 0. The van der Waals surface area contributed by atoms with E-state index in [4.69, 9.17) is 4.74 Å². The van der Waals surface area contributed by atoms with Gasteiger partial charge in [-0.15, -0.1) is 0 Å². The molecular formula is C9H11NO2. The first-order chi connectivity index (χ1) is 5.84. The lowest BCUT2D eigenvalue weighted by molar-refractivity contribution is -0.137. The maximum atomic E-state index is 11.1. The molecule has 0 aromatic carbocycles. The van der Waals surface area contributed by atoms with E-state index in [1.807, 2.05) is 6.08 Å². The number of allylic oxidation sites excluding steroid dienone is 2. The van der Waals surface area contributed by atoms with Crippen LogP contribution in [0.25, 0.3) is 0 Å². The van der Waals surface area contributed by atoms with Crippen molar-refractivity contribution in [2.45, 2.75) is 6.92 Å². The van der Waals surface area contributed by atoms with Crippen LogP contribution in [0.15, 0.2) is 28.8 Å². The van der Waals surface area contributed by atoms with E-state index in [0.29, 0.717) is 18.7 Å². The largest absolute Gasteiger partial charge is 0.462 e. The van der Waals surface area contributed by atoms with Crippen LogP contribution in [0.5, 0.6) is 0 Å². The first kappa shape index (κ1) is 8.71. The Balaban J connectivity index is 2.66. The number of aliphatic imine (C=N–C) groups is 1. The minimum absolute atomic E-state index is 0.312. The van der Waals surface area contributed by atoms with Crippen LogP contribution in [0.3, 0.4) is 0 Å². The Bertz CT molecular complexity index is 251. The number of carbonyl (C=O) groups is 1. The maximum absolute atomic E-state index is 11.1. The monoisotopic (exact) mass is 165 g/mol. The van der Waals surface area contributed by atoms with E-state index in [2.05, 4.69) is 4.99 Å². The molecular weight excluding hydrogens is 154 g/mol. The number of rotatable bonds is 2. The molecule has 0 bridgehead atoms. The van der Waals surface area contributed by atoms with Crippen LogP contribution >= 0.6 is 0 Å². The Morgan fingerprint density at radius 1 is 1.75 bits per heavy atom. The van der Waals surface area contributed by atoms with Crippen molar-refractivity contribution in [2.75, 3.05) is 13.2 Å². The third kappa shape index (κ3) is 2.34. The molecule has 0 radical (unpaired) electrons. The molecule has 0 atom stereocenters. The van der Waals surface area contributed by atoms with Crippen molar-refractivity contribution < 1.29 is 9.53 Å². The first-order valence-electron chi connectivity index (χ1n) is 3.88. The minimum atomic E-state index is -0.312. The van der Waals surface area contributed by atoms with Gasteiger partial charge in [0.25, 0.3) is 0 Å². The molecule has 1 aliphatic heterocycles. The van der Waals surface area contributed by atoms with E-state index in [1.54, 1.807) is 19.1 Å². The van der Waals surface area contributed by atoms with Crippen molar-refractivity contribution in [3.63, 3.8) is 0 Å². The molecule has 0 aromatic heterocycles. The van der Waals surface area contributed by atoms with Gasteiger partial charge in [0, 0.05) is 6.21 Å². The average molecular weight is 165 g/mol. The number of hydrogen-bond donors (Lipinski definition) is 0. The maximum Gasteiger partial charge on any atom is 0.339 e. The standard InChI is InChI=1S/C9H11NO2/c1-2-12-9(11)8-5-3-4-6-10-7-8/h3-5,7H,2,6H2,1H3. The highest BCUT2D eigenvalue weighted by Crippen LogP contribution is 1.99. The molecule has 12 heavy (non-hydrogen) atoms. The molecule has 0 amide bonds. The predicted octanol–water partition coefficient (Wildman–Crippen LogP) is 1.12. The first-order valence-corrected chi connectivity index (χ1v) is 3.88. The molecule has 1 rings (SSSR count). The van der Waals surface area contributed by atoms with E-state index < -0.39 is 0 Å². The number of nitrogens with zero attached hydrogens (tertiary/aromatic N) is 1. The van der Waals surface area contributed by atoms with E-state index in [-0.39, 0.29) is 5.97 Å². The quantitative estimate of drug-likeness (QED) is 0.575. The summed E-state index contributed by atoms with van der Waals surface area (Å²) in [7, 11) is 0. The van der Waals surface area contributed by atoms with Crippen molar-refractivity contribution in [2.24, 2.45) is 4.99 Å².